The number of aryl methyl sites for hydroxylation is 2. The number of piperidine rings is 1. The SMILES string of the molecule is Cc1ccc(-c2csc(NC(=O)C3(S(C)(=O)=O)CCNCC3)n2)cc1C. The van der Waals surface area contributed by atoms with Gasteiger partial charge in [-0.3, -0.25) is 4.79 Å². The summed E-state index contributed by atoms with van der Waals surface area (Å²) in [4.78, 5) is 17.3. The molecule has 0 bridgehead atoms. The predicted molar refractivity (Wildman–Crippen MR) is 105 cm³/mol. The van der Waals surface area contributed by atoms with Crippen LogP contribution in [0.3, 0.4) is 0 Å². The zero-order valence-electron chi connectivity index (χ0n) is 15.1. The van der Waals surface area contributed by atoms with Crippen molar-refractivity contribution in [3.05, 3.63) is 34.7 Å². The first-order valence-electron chi connectivity index (χ1n) is 8.48. The predicted octanol–water partition coefficient (Wildman–Crippen LogP) is 2.53. The van der Waals surface area contributed by atoms with Crippen LogP contribution in [0.4, 0.5) is 5.13 Å². The normalized spacial score (nSPS) is 17.0. The molecule has 1 fully saturated rings. The van der Waals surface area contributed by atoms with Crippen molar-refractivity contribution >= 4 is 32.2 Å². The fourth-order valence-corrected chi connectivity index (χ4v) is 5.22. The van der Waals surface area contributed by atoms with Crippen LogP contribution in [0.1, 0.15) is 24.0 Å². The highest BCUT2D eigenvalue weighted by Crippen LogP contribution is 2.31. The maximum atomic E-state index is 12.8. The largest absolute Gasteiger partial charge is 0.317 e. The highest BCUT2D eigenvalue weighted by molar-refractivity contribution is 7.92. The maximum absolute atomic E-state index is 12.8. The van der Waals surface area contributed by atoms with E-state index in [9.17, 15) is 13.2 Å². The van der Waals surface area contributed by atoms with Crippen molar-refractivity contribution in [2.45, 2.75) is 31.4 Å². The minimum Gasteiger partial charge on any atom is -0.317 e. The van der Waals surface area contributed by atoms with Gasteiger partial charge in [0.2, 0.25) is 5.91 Å². The van der Waals surface area contributed by atoms with E-state index in [4.69, 9.17) is 0 Å². The van der Waals surface area contributed by atoms with Gasteiger partial charge in [-0.15, -0.1) is 11.3 Å². The minimum absolute atomic E-state index is 0.271. The van der Waals surface area contributed by atoms with Crippen LogP contribution in [-0.2, 0) is 14.6 Å². The standard InChI is InChI=1S/C18H23N3O3S2/c1-12-4-5-14(10-13(12)2)15-11-25-17(20-15)21-16(22)18(26(3,23)24)6-8-19-9-7-18/h4-5,10-11,19H,6-9H2,1-3H3,(H,20,21,22). The number of aromatic nitrogens is 1. The fraction of sp³-hybridized carbons (Fsp3) is 0.444. The molecule has 1 aliphatic rings. The lowest BCUT2D eigenvalue weighted by Crippen LogP contribution is -2.55. The Balaban J connectivity index is 1.84. The van der Waals surface area contributed by atoms with Crippen molar-refractivity contribution in [3.63, 3.8) is 0 Å². The van der Waals surface area contributed by atoms with Gasteiger partial charge in [-0.25, -0.2) is 13.4 Å². The van der Waals surface area contributed by atoms with Gasteiger partial charge < -0.3 is 10.6 Å². The van der Waals surface area contributed by atoms with Gasteiger partial charge in [0.15, 0.2) is 19.7 Å². The Hall–Kier alpha value is -1.77. The van der Waals surface area contributed by atoms with Crippen molar-refractivity contribution in [3.8, 4) is 11.3 Å². The van der Waals surface area contributed by atoms with Gasteiger partial charge in [0, 0.05) is 17.2 Å². The number of anilines is 1. The van der Waals surface area contributed by atoms with E-state index >= 15 is 0 Å². The van der Waals surface area contributed by atoms with Crippen LogP contribution in [0.5, 0.6) is 0 Å². The average molecular weight is 394 g/mol. The first kappa shape index (κ1) is 19.0. The number of nitrogens with zero attached hydrogens (tertiary/aromatic N) is 1. The zero-order valence-corrected chi connectivity index (χ0v) is 16.8. The molecule has 0 aliphatic carbocycles. The second kappa shape index (κ2) is 7.09. The molecule has 0 spiro atoms. The first-order chi connectivity index (χ1) is 12.2. The number of carbonyl (C=O) groups is 1. The first-order valence-corrected chi connectivity index (χ1v) is 11.2. The number of thiazole rings is 1. The number of amides is 1. The van der Waals surface area contributed by atoms with Gasteiger partial charge in [0.25, 0.3) is 0 Å². The number of benzene rings is 1. The van der Waals surface area contributed by atoms with Gasteiger partial charge in [-0.1, -0.05) is 12.1 Å². The van der Waals surface area contributed by atoms with Crippen molar-refractivity contribution < 1.29 is 13.2 Å². The molecule has 6 nitrogen and oxygen atoms in total. The summed E-state index contributed by atoms with van der Waals surface area (Å²) in [6.45, 7) is 5.11. The molecule has 8 heteroatoms. The van der Waals surface area contributed by atoms with E-state index in [0.717, 1.165) is 17.5 Å². The van der Waals surface area contributed by atoms with E-state index in [0.29, 0.717) is 18.2 Å². The Morgan fingerprint density at radius 1 is 1.23 bits per heavy atom. The van der Waals surface area contributed by atoms with E-state index < -0.39 is 20.5 Å². The third-order valence-electron chi connectivity index (χ3n) is 5.06. The summed E-state index contributed by atoms with van der Waals surface area (Å²) in [6, 6.07) is 6.09. The molecule has 1 saturated heterocycles. The zero-order chi connectivity index (χ0) is 18.9. The molecule has 0 atom stereocenters. The summed E-state index contributed by atoms with van der Waals surface area (Å²) >= 11 is 1.30. The molecule has 0 unspecified atom stereocenters. The van der Waals surface area contributed by atoms with E-state index in [1.165, 1.54) is 22.5 Å². The van der Waals surface area contributed by atoms with Crippen LogP contribution in [0.25, 0.3) is 11.3 Å². The average Bonchev–Trinajstić information content (AvgIpc) is 3.05. The number of sulfone groups is 1. The summed E-state index contributed by atoms with van der Waals surface area (Å²) in [6.07, 6.45) is 1.68. The van der Waals surface area contributed by atoms with Crippen LogP contribution in [0.15, 0.2) is 23.6 Å². The molecule has 2 aromatic rings. The smallest absolute Gasteiger partial charge is 0.247 e. The van der Waals surface area contributed by atoms with Crippen molar-refractivity contribution in [1.29, 1.82) is 0 Å². The van der Waals surface area contributed by atoms with Crippen LogP contribution >= 0.6 is 11.3 Å². The van der Waals surface area contributed by atoms with Crippen LogP contribution in [-0.4, -0.2) is 43.4 Å². The molecule has 1 aliphatic heterocycles. The van der Waals surface area contributed by atoms with Crippen LogP contribution in [0, 0.1) is 13.8 Å². The van der Waals surface area contributed by atoms with E-state index in [1.54, 1.807) is 0 Å². The summed E-state index contributed by atoms with van der Waals surface area (Å²) in [7, 11) is -3.54. The number of hydrogen-bond donors (Lipinski definition) is 2. The molecule has 2 N–H and O–H groups in total. The Bertz CT molecular complexity index is 929. The lowest BCUT2D eigenvalue weighted by Gasteiger charge is -2.33. The van der Waals surface area contributed by atoms with Crippen molar-refractivity contribution in [2.75, 3.05) is 24.7 Å². The molecule has 140 valence electrons. The van der Waals surface area contributed by atoms with Crippen molar-refractivity contribution in [1.82, 2.24) is 10.3 Å². The molecule has 2 heterocycles. The summed E-state index contributed by atoms with van der Waals surface area (Å²) < 4.78 is 23.3. The molecule has 26 heavy (non-hydrogen) atoms. The highest BCUT2D eigenvalue weighted by Gasteiger charge is 2.48. The second-order valence-corrected chi connectivity index (χ2v) is 9.99. The van der Waals surface area contributed by atoms with Crippen LogP contribution < -0.4 is 10.6 Å². The fourth-order valence-electron chi connectivity index (χ4n) is 3.17. The Labute approximate surface area is 158 Å². The summed E-state index contributed by atoms with van der Waals surface area (Å²) in [5.74, 6) is -0.484. The van der Waals surface area contributed by atoms with Crippen molar-refractivity contribution in [2.24, 2.45) is 0 Å². The lowest BCUT2D eigenvalue weighted by molar-refractivity contribution is -0.119. The lowest BCUT2D eigenvalue weighted by atomic mass is 9.96. The third kappa shape index (κ3) is 3.54. The molecule has 1 amide bonds. The Morgan fingerprint density at radius 2 is 1.92 bits per heavy atom. The maximum Gasteiger partial charge on any atom is 0.247 e. The summed E-state index contributed by atoms with van der Waals surface area (Å²) in [5, 5.41) is 8.14. The highest BCUT2D eigenvalue weighted by atomic mass is 32.2. The number of hydrogen-bond acceptors (Lipinski definition) is 6. The van der Waals surface area contributed by atoms with Gasteiger partial charge in [0.05, 0.1) is 5.69 Å². The second-order valence-electron chi connectivity index (χ2n) is 6.81. The molecular formula is C18H23N3O3S2. The Morgan fingerprint density at radius 3 is 2.54 bits per heavy atom. The van der Waals surface area contributed by atoms with Gasteiger partial charge in [-0.05, 0) is 57.0 Å². The quantitative estimate of drug-likeness (QED) is 0.833. The molecule has 1 aromatic heterocycles. The molecule has 0 saturated carbocycles. The van der Waals surface area contributed by atoms with Gasteiger partial charge in [-0.2, -0.15) is 0 Å². The molecule has 1 aromatic carbocycles. The minimum atomic E-state index is -3.54. The van der Waals surface area contributed by atoms with Gasteiger partial charge in [0.1, 0.15) is 0 Å². The molecule has 0 radical (unpaired) electrons. The third-order valence-corrected chi connectivity index (χ3v) is 7.83. The van der Waals surface area contributed by atoms with Gasteiger partial charge >= 0.3 is 0 Å². The monoisotopic (exact) mass is 393 g/mol. The topological polar surface area (TPSA) is 88.2 Å². The van der Waals surface area contributed by atoms with E-state index in [-0.39, 0.29) is 12.8 Å². The summed E-state index contributed by atoms with van der Waals surface area (Å²) in [5.41, 5.74) is 4.13. The molecule has 3 rings (SSSR count). The number of nitrogens with one attached hydrogen (secondary N) is 2. The molecular weight excluding hydrogens is 370 g/mol. The van der Waals surface area contributed by atoms with Crippen LogP contribution in [0.2, 0.25) is 0 Å². The number of carbonyl (C=O) groups excluding carboxylic acids is 1. The van der Waals surface area contributed by atoms with E-state index in [1.807, 2.05) is 24.4 Å². The van der Waals surface area contributed by atoms with E-state index in [2.05, 4.69) is 28.6 Å². The number of rotatable bonds is 4. The Kier molecular flexibility index (Phi) is 5.18.